The van der Waals surface area contributed by atoms with E-state index in [0.717, 1.165) is 5.56 Å². The van der Waals surface area contributed by atoms with Crippen molar-refractivity contribution >= 4 is 25.7 Å². The SMILES string of the molecule is CCOP(=O)(CCC[C@H](NC(=O)OCc1ccccc1)C(=O)N1CCN(C(=O)O)CC1)OCC. The molecule has 0 spiro atoms. The highest BCUT2D eigenvalue weighted by atomic mass is 31.2. The highest BCUT2D eigenvalue weighted by Crippen LogP contribution is 2.48. The third-order valence-electron chi connectivity index (χ3n) is 5.24. The summed E-state index contributed by atoms with van der Waals surface area (Å²) in [6.07, 6.45) is -1.17. The maximum absolute atomic E-state index is 13.1. The van der Waals surface area contributed by atoms with Crippen molar-refractivity contribution in [2.45, 2.75) is 39.3 Å². The highest BCUT2D eigenvalue weighted by Gasteiger charge is 2.31. The summed E-state index contributed by atoms with van der Waals surface area (Å²) < 4.78 is 28.6. The number of hydrogen-bond donors (Lipinski definition) is 2. The molecule has 12 heteroatoms. The number of nitrogens with one attached hydrogen (secondary N) is 1. The zero-order valence-corrected chi connectivity index (χ0v) is 20.6. The first-order valence-corrected chi connectivity index (χ1v) is 13.1. The van der Waals surface area contributed by atoms with Gasteiger partial charge in [0.15, 0.2) is 0 Å². The molecule has 1 atom stereocenters. The summed E-state index contributed by atoms with van der Waals surface area (Å²) in [5.41, 5.74) is 0.805. The Hall–Kier alpha value is -2.62. The lowest BCUT2D eigenvalue weighted by Gasteiger charge is -2.35. The number of nitrogens with zero attached hydrogens (tertiary/aromatic N) is 2. The van der Waals surface area contributed by atoms with Crippen molar-refractivity contribution in [1.29, 1.82) is 0 Å². The molecule has 190 valence electrons. The molecule has 0 saturated carbocycles. The summed E-state index contributed by atoms with van der Waals surface area (Å²) >= 11 is 0. The maximum Gasteiger partial charge on any atom is 0.408 e. The third kappa shape index (κ3) is 8.96. The van der Waals surface area contributed by atoms with Crippen LogP contribution in [0.15, 0.2) is 30.3 Å². The lowest BCUT2D eigenvalue weighted by atomic mass is 10.1. The fourth-order valence-corrected chi connectivity index (χ4v) is 5.24. The second-order valence-electron chi connectivity index (χ2n) is 7.67. The molecule has 1 aromatic carbocycles. The van der Waals surface area contributed by atoms with E-state index in [0.29, 0.717) is 6.42 Å². The maximum atomic E-state index is 13.1. The molecule has 2 rings (SSSR count). The van der Waals surface area contributed by atoms with Gasteiger partial charge in [-0.05, 0) is 32.3 Å². The molecule has 1 fully saturated rings. The minimum absolute atomic E-state index is 0.0503. The number of amides is 3. The molecule has 0 radical (unpaired) electrons. The van der Waals surface area contributed by atoms with Crippen LogP contribution >= 0.6 is 7.60 Å². The van der Waals surface area contributed by atoms with Gasteiger partial charge in [-0.25, -0.2) is 9.59 Å². The van der Waals surface area contributed by atoms with Crippen LogP contribution in [0.5, 0.6) is 0 Å². The second-order valence-corrected chi connectivity index (χ2v) is 9.85. The number of benzene rings is 1. The van der Waals surface area contributed by atoms with Crippen LogP contribution in [0.3, 0.4) is 0 Å². The number of carboxylic acid groups (broad SMARTS) is 1. The van der Waals surface area contributed by atoms with Gasteiger partial charge in [0.2, 0.25) is 5.91 Å². The Morgan fingerprint density at radius 1 is 1.03 bits per heavy atom. The first-order valence-electron chi connectivity index (χ1n) is 11.4. The quantitative estimate of drug-likeness (QED) is 0.419. The van der Waals surface area contributed by atoms with E-state index in [4.69, 9.17) is 18.9 Å². The Morgan fingerprint density at radius 3 is 2.18 bits per heavy atom. The standard InChI is InChI=1S/C22H34N3O8P/c1-3-32-34(30,33-4-2)16-8-11-19(20(26)24-12-14-25(15-13-24)22(28)29)23-21(27)31-17-18-9-6-5-7-10-18/h5-7,9-10,19H,3-4,8,11-17H2,1-2H3,(H,23,27)(H,28,29)/t19-/m0/s1. The molecular weight excluding hydrogens is 465 g/mol. The fraction of sp³-hybridized carbons (Fsp3) is 0.591. The van der Waals surface area contributed by atoms with Crippen LogP contribution in [-0.2, 0) is 29.8 Å². The van der Waals surface area contributed by atoms with Crippen molar-refractivity contribution in [2.75, 3.05) is 45.6 Å². The predicted molar refractivity (Wildman–Crippen MR) is 125 cm³/mol. The van der Waals surface area contributed by atoms with Gasteiger partial charge in [0.1, 0.15) is 12.6 Å². The molecule has 0 bridgehead atoms. The van der Waals surface area contributed by atoms with Crippen LogP contribution < -0.4 is 5.32 Å². The average Bonchev–Trinajstić information content (AvgIpc) is 2.82. The number of rotatable bonds is 12. The van der Waals surface area contributed by atoms with Crippen molar-refractivity contribution in [3.8, 4) is 0 Å². The monoisotopic (exact) mass is 499 g/mol. The first-order chi connectivity index (χ1) is 16.3. The molecule has 0 aliphatic carbocycles. The van der Waals surface area contributed by atoms with Crippen LogP contribution in [0.4, 0.5) is 9.59 Å². The highest BCUT2D eigenvalue weighted by molar-refractivity contribution is 7.53. The average molecular weight is 500 g/mol. The Labute approximate surface area is 199 Å². The molecule has 1 aromatic rings. The summed E-state index contributed by atoms with van der Waals surface area (Å²) in [4.78, 5) is 39.5. The minimum atomic E-state index is -3.29. The van der Waals surface area contributed by atoms with Gasteiger partial charge in [0.25, 0.3) is 0 Å². The topological polar surface area (TPSA) is 135 Å². The van der Waals surface area contributed by atoms with Gasteiger partial charge in [-0.2, -0.15) is 0 Å². The summed E-state index contributed by atoms with van der Waals surface area (Å²) in [5, 5.41) is 11.7. The van der Waals surface area contributed by atoms with Gasteiger partial charge in [-0.15, -0.1) is 0 Å². The van der Waals surface area contributed by atoms with Gasteiger partial charge in [0.05, 0.1) is 19.4 Å². The molecule has 0 unspecified atom stereocenters. The van der Waals surface area contributed by atoms with E-state index in [1.165, 1.54) is 9.80 Å². The van der Waals surface area contributed by atoms with E-state index in [2.05, 4.69) is 5.32 Å². The number of carbonyl (C=O) groups excluding carboxylic acids is 2. The molecule has 0 aromatic heterocycles. The molecule has 2 N–H and O–H groups in total. The van der Waals surface area contributed by atoms with Gasteiger partial charge in [0, 0.05) is 26.2 Å². The van der Waals surface area contributed by atoms with Gasteiger partial charge in [-0.1, -0.05) is 30.3 Å². The number of piperazine rings is 1. The zero-order chi connectivity index (χ0) is 25.0. The Morgan fingerprint density at radius 2 is 1.62 bits per heavy atom. The molecule has 3 amide bonds. The van der Waals surface area contributed by atoms with Crippen molar-refractivity contribution in [1.82, 2.24) is 15.1 Å². The molecule has 34 heavy (non-hydrogen) atoms. The van der Waals surface area contributed by atoms with Crippen LogP contribution in [0.1, 0.15) is 32.3 Å². The van der Waals surface area contributed by atoms with Crippen LogP contribution in [0.2, 0.25) is 0 Å². The van der Waals surface area contributed by atoms with E-state index in [-0.39, 0.29) is 64.5 Å². The van der Waals surface area contributed by atoms with E-state index in [1.54, 1.807) is 13.8 Å². The van der Waals surface area contributed by atoms with Crippen LogP contribution in [-0.4, -0.2) is 84.6 Å². The van der Waals surface area contributed by atoms with Gasteiger partial charge < -0.3 is 34.0 Å². The van der Waals surface area contributed by atoms with Crippen molar-refractivity contribution in [3.63, 3.8) is 0 Å². The Kier molecular flexibility index (Phi) is 11.3. The van der Waals surface area contributed by atoms with E-state index in [9.17, 15) is 18.9 Å². The summed E-state index contributed by atoms with van der Waals surface area (Å²) in [6.45, 7) is 4.78. The molecule has 11 nitrogen and oxygen atoms in total. The van der Waals surface area contributed by atoms with Crippen molar-refractivity contribution in [2.24, 2.45) is 0 Å². The lowest BCUT2D eigenvalue weighted by molar-refractivity contribution is -0.135. The zero-order valence-electron chi connectivity index (χ0n) is 19.7. The Balaban J connectivity index is 2.00. The van der Waals surface area contributed by atoms with Crippen molar-refractivity contribution < 1.29 is 37.8 Å². The largest absolute Gasteiger partial charge is 0.465 e. The van der Waals surface area contributed by atoms with Gasteiger partial charge in [-0.3, -0.25) is 9.36 Å². The number of ether oxygens (including phenoxy) is 1. The predicted octanol–water partition coefficient (Wildman–Crippen LogP) is 3.15. The molecule has 1 aliphatic heterocycles. The molecule has 1 heterocycles. The Bertz CT molecular complexity index is 836. The smallest absolute Gasteiger partial charge is 0.408 e. The summed E-state index contributed by atoms with van der Waals surface area (Å²) in [7, 11) is -3.29. The van der Waals surface area contributed by atoms with Crippen LogP contribution in [0, 0.1) is 0 Å². The second kappa shape index (κ2) is 13.9. The minimum Gasteiger partial charge on any atom is -0.465 e. The fourth-order valence-electron chi connectivity index (χ4n) is 3.55. The van der Waals surface area contributed by atoms with Crippen molar-refractivity contribution in [3.05, 3.63) is 35.9 Å². The third-order valence-corrected chi connectivity index (χ3v) is 7.41. The van der Waals surface area contributed by atoms with E-state index in [1.807, 2.05) is 30.3 Å². The van der Waals surface area contributed by atoms with Crippen LogP contribution in [0.25, 0.3) is 0 Å². The van der Waals surface area contributed by atoms with Gasteiger partial charge >= 0.3 is 19.8 Å². The summed E-state index contributed by atoms with van der Waals surface area (Å²) in [6, 6.07) is 8.22. The number of alkyl carbamates (subject to hydrolysis) is 1. The molecule has 1 saturated heterocycles. The normalized spacial score (nSPS) is 15.0. The molecule has 1 aliphatic rings. The first kappa shape index (κ1) is 27.6. The molecular formula is C22H34N3O8P. The van der Waals surface area contributed by atoms with E-state index >= 15 is 0 Å². The number of carbonyl (C=O) groups is 3. The number of hydrogen-bond acceptors (Lipinski definition) is 7. The summed E-state index contributed by atoms with van der Waals surface area (Å²) in [5.74, 6) is -0.343. The van der Waals surface area contributed by atoms with E-state index < -0.39 is 25.8 Å². The lowest BCUT2D eigenvalue weighted by Crippen LogP contribution is -2.55.